The van der Waals surface area contributed by atoms with Gasteiger partial charge in [-0.15, -0.1) is 0 Å². The first-order valence-corrected chi connectivity index (χ1v) is 7.48. The number of hydrogen-bond acceptors (Lipinski definition) is 3. The van der Waals surface area contributed by atoms with E-state index in [0.29, 0.717) is 30.4 Å². The number of carbonyl (C=O) groups excluding carboxylic acids is 2. The number of likely N-dealkylation sites (tertiary alicyclic amines) is 1. The van der Waals surface area contributed by atoms with Crippen molar-refractivity contribution in [1.29, 1.82) is 0 Å². The van der Waals surface area contributed by atoms with Gasteiger partial charge >= 0.3 is 0 Å². The van der Waals surface area contributed by atoms with Crippen LogP contribution in [0.25, 0.3) is 0 Å². The molecule has 1 saturated heterocycles. The molecule has 2 aliphatic rings. The number of rotatable bonds is 4. The maximum absolute atomic E-state index is 12.2. The third kappa shape index (κ3) is 3.41. The second kappa shape index (κ2) is 6.46. The molecule has 1 heterocycles. The molecule has 0 aromatic heterocycles. The van der Waals surface area contributed by atoms with E-state index in [2.05, 4.69) is 11.8 Å². The second-order valence-corrected chi connectivity index (χ2v) is 5.86. The van der Waals surface area contributed by atoms with Gasteiger partial charge in [0.25, 0.3) is 0 Å². The zero-order chi connectivity index (χ0) is 13.0. The molecule has 2 fully saturated rings. The van der Waals surface area contributed by atoms with E-state index in [0.717, 1.165) is 32.4 Å². The molecular weight excluding hydrogens is 226 g/mol. The van der Waals surface area contributed by atoms with Crippen molar-refractivity contribution in [2.75, 3.05) is 19.6 Å². The SMILES string of the molecule is CCC1CN(CC(=O)C2CCCCC2)CCC1=O. The van der Waals surface area contributed by atoms with Crippen LogP contribution in [0.5, 0.6) is 0 Å². The summed E-state index contributed by atoms with van der Waals surface area (Å²) in [4.78, 5) is 26.1. The highest BCUT2D eigenvalue weighted by atomic mass is 16.1. The average Bonchev–Trinajstić information content (AvgIpc) is 2.42. The molecule has 0 bridgehead atoms. The van der Waals surface area contributed by atoms with Gasteiger partial charge in [0.1, 0.15) is 11.6 Å². The predicted molar refractivity (Wildman–Crippen MR) is 71.4 cm³/mol. The number of piperidine rings is 1. The molecule has 102 valence electrons. The molecule has 0 aromatic carbocycles. The Bertz CT molecular complexity index is 308. The minimum atomic E-state index is 0.165. The van der Waals surface area contributed by atoms with Crippen LogP contribution >= 0.6 is 0 Å². The monoisotopic (exact) mass is 251 g/mol. The molecular formula is C15H25NO2. The molecule has 3 heteroatoms. The summed E-state index contributed by atoms with van der Waals surface area (Å²) in [5, 5.41) is 0. The summed E-state index contributed by atoms with van der Waals surface area (Å²) in [7, 11) is 0. The van der Waals surface area contributed by atoms with Crippen LogP contribution in [0.3, 0.4) is 0 Å². The summed E-state index contributed by atoms with van der Waals surface area (Å²) >= 11 is 0. The Morgan fingerprint density at radius 3 is 2.67 bits per heavy atom. The molecule has 1 unspecified atom stereocenters. The van der Waals surface area contributed by atoms with Crippen LogP contribution in [0.15, 0.2) is 0 Å². The highest BCUT2D eigenvalue weighted by Gasteiger charge is 2.29. The lowest BCUT2D eigenvalue weighted by molar-refractivity contribution is -0.130. The summed E-state index contributed by atoms with van der Waals surface area (Å²) in [6.07, 6.45) is 7.44. The summed E-state index contributed by atoms with van der Waals surface area (Å²) in [5.41, 5.74) is 0. The van der Waals surface area contributed by atoms with Gasteiger partial charge in [0.15, 0.2) is 0 Å². The van der Waals surface area contributed by atoms with Crippen molar-refractivity contribution in [3.05, 3.63) is 0 Å². The minimum absolute atomic E-state index is 0.165. The number of hydrogen-bond donors (Lipinski definition) is 0. The van der Waals surface area contributed by atoms with E-state index < -0.39 is 0 Å². The zero-order valence-corrected chi connectivity index (χ0v) is 11.5. The summed E-state index contributed by atoms with van der Waals surface area (Å²) in [6.45, 7) is 4.23. The van der Waals surface area contributed by atoms with Crippen molar-refractivity contribution in [2.45, 2.75) is 51.9 Å². The molecule has 0 amide bonds. The molecule has 0 radical (unpaired) electrons. The Balaban J connectivity index is 1.81. The van der Waals surface area contributed by atoms with Gasteiger partial charge in [-0.1, -0.05) is 26.2 Å². The molecule has 1 aliphatic heterocycles. The molecule has 2 rings (SSSR count). The van der Waals surface area contributed by atoms with Gasteiger partial charge in [0.2, 0.25) is 0 Å². The third-order valence-corrected chi connectivity index (χ3v) is 4.54. The van der Waals surface area contributed by atoms with E-state index in [9.17, 15) is 9.59 Å². The van der Waals surface area contributed by atoms with Crippen molar-refractivity contribution in [3.63, 3.8) is 0 Å². The van der Waals surface area contributed by atoms with Crippen LogP contribution in [-0.4, -0.2) is 36.1 Å². The lowest BCUT2D eigenvalue weighted by Gasteiger charge is -2.32. The standard InChI is InChI=1S/C15H25NO2/c1-2-12-10-16(9-8-14(12)17)11-15(18)13-6-4-3-5-7-13/h12-13H,2-11H2,1H3. The van der Waals surface area contributed by atoms with E-state index >= 15 is 0 Å². The maximum Gasteiger partial charge on any atom is 0.149 e. The Morgan fingerprint density at radius 2 is 2.00 bits per heavy atom. The first-order chi connectivity index (χ1) is 8.70. The van der Waals surface area contributed by atoms with Gasteiger partial charge in [-0.3, -0.25) is 14.5 Å². The molecule has 0 spiro atoms. The molecule has 1 aliphatic carbocycles. The van der Waals surface area contributed by atoms with Gasteiger partial charge in [-0.05, 0) is 19.3 Å². The Hall–Kier alpha value is -0.700. The normalized spacial score (nSPS) is 27.4. The third-order valence-electron chi connectivity index (χ3n) is 4.54. The quantitative estimate of drug-likeness (QED) is 0.770. The van der Waals surface area contributed by atoms with Crippen molar-refractivity contribution in [1.82, 2.24) is 4.90 Å². The maximum atomic E-state index is 12.2. The summed E-state index contributed by atoms with van der Waals surface area (Å²) in [5.74, 6) is 1.27. The second-order valence-electron chi connectivity index (χ2n) is 5.86. The van der Waals surface area contributed by atoms with Gasteiger partial charge < -0.3 is 0 Å². The highest BCUT2D eigenvalue weighted by Crippen LogP contribution is 2.25. The molecule has 1 saturated carbocycles. The number of ketones is 2. The van der Waals surface area contributed by atoms with E-state index in [1.54, 1.807) is 0 Å². The van der Waals surface area contributed by atoms with Gasteiger partial charge in [-0.25, -0.2) is 0 Å². The van der Waals surface area contributed by atoms with Crippen molar-refractivity contribution >= 4 is 11.6 Å². The fourth-order valence-corrected chi connectivity index (χ4v) is 3.25. The Labute approximate surface area is 110 Å². The van der Waals surface area contributed by atoms with Crippen LogP contribution in [0.4, 0.5) is 0 Å². The van der Waals surface area contributed by atoms with Crippen LogP contribution in [0, 0.1) is 11.8 Å². The highest BCUT2D eigenvalue weighted by molar-refractivity contribution is 5.84. The lowest BCUT2D eigenvalue weighted by Crippen LogP contribution is -2.44. The Kier molecular flexibility index (Phi) is 4.93. The molecule has 3 nitrogen and oxygen atoms in total. The molecule has 18 heavy (non-hydrogen) atoms. The van der Waals surface area contributed by atoms with Gasteiger partial charge in [-0.2, -0.15) is 0 Å². The number of nitrogens with zero attached hydrogens (tertiary/aromatic N) is 1. The molecule has 0 aromatic rings. The fourth-order valence-electron chi connectivity index (χ4n) is 3.25. The Morgan fingerprint density at radius 1 is 1.28 bits per heavy atom. The van der Waals surface area contributed by atoms with Crippen LogP contribution < -0.4 is 0 Å². The van der Waals surface area contributed by atoms with E-state index in [1.807, 2.05) is 0 Å². The molecule has 1 atom stereocenters. The van der Waals surface area contributed by atoms with Gasteiger partial charge in [0.05, 0.1) is 6.54 Å². The lowest BCUT2D eigenvalue weighted by atomic mass is 9.85. The number of Topliss-reactive ketones (excluding diaryl/α,β-unsaturated/α-hetero) is 2. The zero-order valence-electron chi connectivity index (χ0n) is 11.5. The van der Waals surface area contributed by atoms with Crippen molar-refractivity contribution < 1.29 is 9.59 Å². The first kappa shape index (κ1) is 13.7. The van der Waals surface area contributed by atoms with E-state index in [4.69, 9.17) is 0 Å². The van der Waals surface area contributed by atoms with Gasteiger partial charge in [0, 0.05) is 31.3 Å². The van der Waals surface area contributed by atoms with E-state index in [-0.39, 0.29) is 5.92 Å². The summed E-state index contributed by atoms with van der Waals surface area (Å²) < 4.78 is 0. The first-order valence-electron chi connectivity index (χ1n) is 7.48. The molecule has 0 N–H and O–H groups in total. The van der Waals surface area contributed by atoms with Crippen LogP contribution in [-0.2, 0) is 9.59 Å². The predicted octanol–water partition coefficient (Wildman–Crippen LogP) is 2.44. The largest absolute Gasteiger partial charge is 0.299 e. The minimum Gasteiger partial charge on any atom is -0.299 e. The summed E-state index contributed by atoms with van der Waals surface area (Å²) in [6, 6.07) is 0. The van der Waals surface area contributed by atoms with Crippen LogP contribution in [0.2, 0.25) is 0 Å². The van der Waals surface area contributed by atoms with E-state index in [1.165, 1.54) is 19.3 Å². The average molecular weight is 251 g/mol. The van der Waals surface area contributed by atoms with Crippen molar-refractivity contribution in [3.8, 4) is 0 Å². The van der Waals surface area contributed by atoms with Crippen molar-refractivity contribution in [2.24, 2.45) is 11.8 Å². The number of carbonyl (C=O) groups is 2. The fraction of sp³-hybridized carbons (Fsp3) is 0.867. The topological polar surface area (TPSA) is 37.4 Å². The van der Waals surface area contributed by atoms with Crippen LogP contribution in [0.1, 0.15) is 51.9 Å². The smallest absolute Gasteiger partial charge is 0.149 e.